The predicted octanol–water partition coefficient (Wildman–Crippen LogP) is 2.80. The zero-order valence-corrected chi connectivity index (χ0v) is 11.0. The molecule has 0 rings (SSSR count). The first-order valence-electron chi connectivity index (χ1n) is 5.62. The molecule has 0 amide bonds. The number of carboxylic acids is 1. The smallest absolute Gasteiger partial charge is 0.330 e. The highest BCUT2D eigenvalue weighted by molar-refractivity contribution is 5.81. The number of carbonyl (C=O) groups excluding carboxylic acids is 1. The van der Waals surface area contributed by atoms with Gasteiger partial charge in [-0.05, 0) is 19.8 Å². The van der Waals surface area contributed by atoms with E-state index in [0.717, 1.165) is 12.5 Å². The SMILES string of the molecule is CC=CC(=O)O.CC=CC(=O)OCC(C)CC. The van der Waals surface area contributed by atoms with Gasteiger partial charge >= 0.3 is 11.9 Å². The molecule has 0 saturated carbocycles. The van der Waals surface area contributed by atoms with E-state index in [4.69, 9.17) is 9.84 Å². The van der Waals surface area contributed by atoms with Gasteiger partial charge < -0.3 is 9.84 Å². The van der Waals surface area contributed by atoms with Crippen molar-refractivity contribution in [3.8, 4) is 0 Å². The van der Waals surface area contributed by atoms with Crippen LogP contribution in [0.15, 0.2) is 24.3 Å². The van der Waals surface area contributed by atoms with Gasteiger partial charge in [0, 0.05) is 12.2 Å². The second-order valence-corrected chi connectivity index (χ2v) is 3.48. The molecule has 0 fully saturated rings. The Morgan fingerprint density at radius 3 is 2.06 bits per heavy atom. The van der Waals surface area contributed by atoms with Crippen LogP contribution in [-0.4, -0.2) is 23.7 Å². The number of esters is 1. The Kier molecular flexibility index (Phi) is 13.1. The summed E-state index contributed by atoms with van der Waals surface area (Å²) in [6.07, 6.45) is 6.72. The molecular weight excluding hydrogens is 220 g/mol. The normalized spacial score (nSPS) is 12.0. The van der Waals surface area contributed by atoms with Gasteiger partial charge in [0.2, 0.25) is 0 Å². The molecule has 0 aromatic carbocycles. The second kappa shape index (κ2) is 12.5. The summed E-state index contributed by atoms with van der Waals surface area (Å²) in [5.41, 5.74) is 0. The molecule has 0 bridgehead atoms. The molecule has 1 unspecified atom stereocenters. The van der Waals surface area contributed by atoms with Crippen LogP contribution in [0, 0.1) is 5.92 Å². The summed E-state index contributed by atoms with van der Waals surface area (Å²) in [5, 5.41) is 7.83. The van der Waals surface area contributed by atoms with Gasteiger partial charge in [-0.25, -0.2) is 9.59 Å². The van der Waals surface area contributed by atoms with E-state index in [0.29, 0.717) is 12.5 Å². The Balaban J connectivity index is 0. The molecule has 0 aromatic heterocycles. The number of aliphatic carboxylic acids is 1. The number of hydrogen-bond donors (Lipinski definition) is 1. The number of carbonyl (C=O) groups is 2. The fraction of sp³-hybridized carbons (Fsp3) is 0.538. The van der Waals surface area contributed by atoms with Gasteiger partial charge in [-0.15, -0.1) is 0 Å². The van der Waals surface area contributed by atoms with Crippen LogP contribution in [0.4, 0.5) is 0 Å². The lowest BCUT2D eigenvalue weighted by Gasteiger charge is -2.06. The van der Waals surface area contributed by atoms with Gasteiger partial charge in [-0.3, -0.25) is 0 Å². The van der Waals surface area contributed by atoms with Gasteiger partial charge in [0.05, 0.1) is 6.61 Å². The first-order valence-corrected chi connectivity index (χ1v) is 5.62. The molecule has 1 atom stereocenters. The maximum atomic E-state index is 10.8. The molecule has 0 radical (unpaired) electrons. The molecule has 1 N–H and O–H groups in total. The zero-order valence-electron chi connectivity index (χ0n) is 11.0. The van der Waals surface area contributed by atoms with E-state index in [1.165, 1.54) is 12.2 Å². The highest BCUT2D eigenvalue weighted by Crippen LogP contribution is 2.00. The fourth-order valence-corrected chi connectivity index (χ4v) is 0.669. The number of carboxylic acid groups (broad SMARTS) is 1. The van der Waals surface area contributed by atoms with Crippen molar-refractivity contribution in [1.82, 2.24) is 0 Å². The topological polar surface area (TPSA) is 63.6 Å². The van der Waals surface area contributed by atoms with Gasteiger partial charge in [-0.2, -0.15) is 0 Å². The van der Waals surface area contributed by atoms with E-state index < -0.39 is 5.97 Å². The average Bonchev–Trinajstić information content (AvgIpc) is 2.27. The lowest BCUT2D eigenvalue weighted by molar-refractivity contribution is -0.139. The van der Waals surface area contributed by atoms with Crippen molar-refractivity contribution in [3.63, 3.8) is 0 Å². The lowest BCUT2D eigenvalue weighted by Crippen LogP contribution is -2.08. The van der Waals surface area contributed by atoms with Gasteiger partial charge in [0.1, 0.15) is 0 Å². The quantitative estimate of drug-likeness (QED) is 0.594. The van der Waals surface area contributed by atoms with E-state index in [1.54, 1.807) is 19.9 Å². The third-order valence-corrected chi connectivity index (χ3v) is 1.82. The summed E-state index contributed by atoms with van der Waals surface area (Å²) < 4.78 is 4.91. The van der Waals surface area contributed by atoms with Crippen LogP contribution in [0.5, 0.6) is 0 Å². The third kappa shape index (κ3) is 17.1. The Morgan fingerprint density at radius 1 is 1.24 bits per heavy atom. The highest BCUT2D eigenvalue weighted by atomic mass is 16.5. The lowest BCUT2D eigenvalue weighted by atomic mass is 10.1. The number of rotatable bonds is 5. The minimum atomic E-state index is -0.891. The fourth-order valence-electron chi connectivity index (χ4n) is 0.669. The van der Waals surface area contributed by atoms with E-state index in [1.807, 2.05) is 0 Å². The third-order valence-electron chi connectivity index (χ3n) is 1.82. The Bertz CT molecular complexity index is 267. The van der Waals surface area contributed by atoms with Crippen LogP contribution in [-0.2, 0) is 14.3 Å². The zero-order chi connectivity index (χ0) is 13.7. The average molecular weight is 242 g/mol. The standard InChI is InChI=1S/C9H16O2.C4H6O2/c1-4-6-9(10)11-7-8(3)5-2;1-2-3-4(5)6/h4,6,8H,5,7H2,1-3H3;2-3H,1H3,(H,5,6). The Morgan fingerprint density at radius 2 is 1.76 bits per heavy atom. The molecular formula is C13H22O4. The van der Waals surface area contributed by atoms with Crippen LogP contribution >= 0.6 is 0 Å². The number of hydrogen-bond acceptors (Lipinski definition) is 3. The van der Waals surface area contributed by atoms with Crippen LogP contribution in [0.3, 0.4) is 0 Å². The van der Waals surface area contributed by atoms with Gasteiger partial charge in [0.25, 0.3) is 0 Å². The molecule has 0 aliphatic heterocycles. The van der Waals surface area contributed by atoms with Crippen LogP contribution in [0.1, 0.15) is 34.1 Å². The van der Waals surface area contributed by atoms with Crippen molar-refractivity contribution in [2.24, 2.45) is 5.92 Å². The molecule has 0 aliphatic carbocycles. The van der Waals surface area contributed by atoms with E-state index in [-0.39, 0.29) is 5.97 Å². The molecule has 0 spiro atoms. The van der Waals surface area contributed by atoms with E-state index >= 15 is 0 Å². The maximum absolute atomic E-state index is 10.8. The summed E-state index contributed by atoms with van der Waals surface area (Å²) in [6, 6.07) is 0. The molecule has 0 aliphatic rings. The monoisotopic (exact) mass is 242 g/mol. The van der Waals surface area contributed by atoms with Crippen molar-refractivity contribution in [2.75, 3.05) is 6.61 Å². The first-order chi connectivity index (χ1) is 7.97. The molecule has 4 heteroatoms. The molecule has 0 saturated heterocycles. The minimum Gasteiger partial charge on any atom is -0.478 e. The molecule has 17 heavy (non-hydrogen) atoms. The summed E-state index contributed by atoms with van der Waals surface area (Å²) >= 11 is 0. The molecule has 0 aromatic rings. The molecule has 98 valence electrons. The van der Waals surface area contributed by atoms with Crippen LogP contribution < -0.4 is 0 Å². The maximum Gasteiger partial charge on any atom is 0.330 e. The van der Waals surface area contributed by atoms with Crippen LogP contribution in [0.25, 0.3) is 0 Å². The predicted molar refractivity (Wildman–Crippen MR) is 67.7 cm³/mol. The van der Waals surface area contributed by atoms with Crippen molar-refractivity contribution in [3.05, 3.63) is 24.3 Å². The Hall–Kier alpha value is -1.58. The Labute approximate surface area is 103 Å². The molecule has 4 nitrogen and oxygen atoms in total. The summed E-state index contributed by atoms with van der Waals surface area (Å²) in [4.78, 5) is 20.3. The van der Waals surface area contributed by atoms with Gasteiger partial charge in [-0.1, -0.05) is 32.4 Å². The van der Waals surface area contributed by atoms with Gasteiger partial charge in [0.15, 0.2) is 0 Å². The van der Waals surface area contributed by atoms with E-state index in [9.17, 15) is 9.59 Å². The van der Waals surface area contributed by atoms with Crippen LogP contribution in [0.2, 0.25) is 0 Å². The minimum absolute atomic E-state index is 0.243. The van der Waals surface area contributed by atoms with Crippen molar-refractivity contribution in [2.45, 2.75) is 34.1 Å². The molecule has 0 heterocycles. The highest BCUT2D eigenvalue weighted by Gasteiger charge is 2.01. The van der Waals surface area contributed by atoms with Crippen molar-refractivity contribution in [1.29, 1.82) is 0 Å². The summed E-state index contributed by atoms with van der Waals surface area (Å²) in [7, 11) is 0. The van der Waals surface area contributed by atoms with Crippen molar-refractivity contribution < 1.29 is 19.4 Å². The van der Waals surface area contributed by atoms with E-state index in [2.05, 4.69) is 13.8 Å². The van der Waals surface area contributed by atoms with Crippen molar-refractivity contribution >= 4 is 11.9 Å². The number of ether oxygens (including phenoxy) is 1. The summed E-state index contributed by atoms with van der Waals surface area (Å²) in [5.74, 6) is -0.672. The first kappa shape index (κ1) is 17.8. The second-order valence-electron chi connectivity index (χ2n) is 3.48. The summed E-state index contributed by atoms with van der Waals surface area (Å²) in [6.45, 7) is 8.12. The number of allylic oxidation sites excluding steroid dienone is 2. The largest absolute Gasteiger partial charge is 0.478 e.